The molecule has 1 aliphatic rings. The molecule has 1 aliphatic heterocycles. The first-order chi connectivity index (χ1) is 16.1. The first-order valence-corrected chi connectivity index (χ1v) is 12.1. The van der Waals surface area contributed by atoms with E-state index < -0.39 is 0 Å². The lowest BCUT2D eigenvalue weighted by Crippen LogP contribution is -2.44. The fraction of sp³-hybridized carbons (Fsp3) is 0.360. The molecule has 9 heteroatoms. The van der Waals surface area contributed by atoms with Crippen molar-refractivity contribution in [3.05, 3.63) is 59.2 Å². The number of hydrogen-bond donors (Lipinski definition) is 1. The predicted octanol–water partition coefficient (Wildman–Crippen LogP) is 5.08. The smallest absolute Gasteiger partial charge is 0.272 e. The summed E-state index contributed by atoms with van der Waals surface area (Å²) >= 11 is 1.39. The molecule has 1 atom stereocenters. The summed E-state index contributed by atoms with van der Waals surface area (Å²) in [6.45, 7) is 3.16. The largest absolute Gasteiger partial charge is 0.496 e. The van der Waals surface area contributed by atoms with Gasteiger partial charge in [0, 0.05) is 30.2 Å². The van der Waals surface area contributed by atoms with E-state index in [0.29, 0.717) is 23.9 Å². The van der Waals surface area contributed by atoms with Crippen LogP contribution in [0.3, 0.4) is 0 Å². The molecule has 3 heterocycles. The number of carbonyl (C=O) groups is 2. The van der Waals surface area contributed by atoms with E-state index in [4.69, 9.17) is 4.74 Å². The summed E-state index contributed by atoms with van der Waals surface area (Å²) in [6, 6.07) is 11.4. The van der Waals surface area contributed by atoms with Crippen LogP contribution >= 0.6 is 23.7 Å². The fourth-order valence-electron chi connectivity index (χ4n) is 4.09. The first kappa shape index (κ1) is 25.6. The molecule has 0 aliphatic carbocycles. The molecular formula is C25H29ClN4O3S. The van der Waals surface area contributed by atoms with Gasteiger partial charge in [-0.2, -0.15) is 0 Å². The Kier molecular flexibility index (Phi) is 9.01. The van der Waals surface area contributed by atoms with Crippen molar-refractivity contribution >= 4 is 40.7 Å². The van der Waals surface area contributed by atoms with Gasteiger partial charge in [0.1, 0.15) is 11.4 Å². The van der Waals surface area contributed by atoms with E-state index in [0.717, 1.165) is 42.7 Å². The van der Waals surface area contributed by atoms with Crippen LogP contribution < -0.4 is 10.1 Å². The Balaban J connectivity index is 0.00000324. The topological polar surface area (TPSA) is 84.4 Å². The second-order valence-corrected chi connectivity index (χ2v) is 8.98. The number of piperidine rings is 1. The fourth-order valence-corrected chi connectivity index (χ4v) is 4.80. The van der Waals surface area contributed by atoms with Crippen LogP contribution in [0.25, 0.3) is 11.3 Å². The Morgan fingerprint density at radius 2 is 2.12 bits per heavy atom. The van der Waals surface area contributed by atoms with Crippen molar-refractivity contribution in [2.75, 3.05) is 25.5 Å². The summed E-state index contributed by atoms with van der Waals surface area (Å²) in [5.74, 6) is 0.236. The molecule has 1 saturated heterocycles. The van der Waals surface area contributed by atoms with Crippen LogP contribution in [0.1, 0.15) is 42.2 Å². The van der Waals surface area contributed by atoms with Crippen LogP contribution in [0.2, 0.25) is 0 Å². The Bertz CT molecular complexity index is 1120. The minimum atomic E-state index is -0.277. The van der Waals surface area contributed by atoms with Gasteiger partial charge in [-0.05, 0) is 49.1 Å². The Hall–Kier alpha value is -2.97. The number of hydrogen-bond acceptors (Lipinski definition) is 6. The number of likely N-dealkylation sites (tertiary alicyclic amines) is 1. The maximum Gasteiger partial charge on any atom is 0.272 e. The van der Waals surface area contributed by atoms with E-state index in [2.05, 4.69) is 34.3 Å². The van der Waals surface area contributed by atoms with Crippen molar-refractivity contribution in [3.63, 3.8) is 0 Å². The molecule has 2 amide bonds. The first-order valence-electron chi connectivity index (χ1n) is 11.2. The SMILES string of the molecule is CCCc1ccc(OC)c(-c2csc(NC(=O)[C@H]3CCCN(C(=O)c4ccccn4)C3)n2)c1.Cl. The van der Waals surface area contributed by atoms with Crippen LogP contribution in [-0.4, -0.2) is 46.9 Å². The molecule has 0 radical (unpaired) electrons. The number of methoxy groups -OCH3 is 1. The van der Waals surface area contributed by atoms with Gasteiger partial charge in [0.15, 0.2) is 5.13 Å². The monoisotopic (exact) mass is 500 g/mol. The number of aromatic nitrogens is 2. The maximum absolute atomic E-state index is 13.0. The molecule has 0 spiro atoms. The second kappa shape index (κ2) is 11.9. The number of benzene rings is 1. The minimum absolute atomic E-state index is 0. The number of aryl methyl sites for hydroxylation is 1. The highest BCUT2D eigenvalue weighted by Crippen LogP contribution is 2.33. The highest BCUT2D eigenvalue weighted by Gasteiger charge is 2.30. The van der Waals surface area contributed by atoms with E-state index in [9.17, 15) is 9.59 Å². The quantitative estimate of drug-likeness (QED) is 0.489. The normalized spacial score (nSPS) is 15.4. The van der Waals surface area contributed by atoms with E-state index in [1.165, 1.54) is 16.9 Å². The van der Waals surface area contributed by atoms with Gasteiger partial charge < -0.3 is 15.0 Å². The Labute approximate surface area is 210 Å². The number of anilines is 1. The zero-order chi connectivity index (χ0) is 23.2. The summed E-state index contributed by atoms with van der Waals surface area (Å²) in [7, 11) is 1.65. The van der Waals surface area contributed by atoms with Crippen LogP contribution in [0.15, 0.2) is 48.0 Å². The van der Waals surface area contributed by atoms with Crippen LogP contribution in [0, 0.1) is 5.92 Å². The van der Waals surface area contributed by atoms with E-state index in [1.54, 1.807) is 36.4 Å². The molecule has 7 nitrogen and oxygen atoms in total. The molecule has 0 bridgehead atoms. The van der Waals surface area contributed by atoms with Crippen molar-refractivity contribution in [1.29, 1.82) is 0 Å². The van der Waals surface area contributed by atoms with Crippen LogP contribution in [-0.2, 0) is 11.2 Å². The number of pyridine rings is 1. The molecule has 1 N–H and O–H groups in total. The standard InChI is InChI=1S/C25H28N4O3S.ClH/c1-3-7-17-10-11-22(32-2)19(14-17)21-16-33-25(27-21)28-23(30)18-8-6-13-29(15-18)24(31)20-9-4-5-12-26-20;/h4-5,9-12,14,16,18H,3,6-8,13,15H2,1-2H3,(H,27,28,30);1H/t18-;/m0./s1. The minimum Gasteiger partial charge on any atom is -0.496 e. The summed E-state index contributed by atoms with van der Waals surface area (Å²) in [5.41, 5.74) is 3.33. The molecule has 3 aromatic rings. The van der Waals surface area contributed by atoms with Crippen molar-refractivity contribution in [2.45, 2.75) is 32.6 Å². The third kappa shape index (κ3) is 5.93. The summed E-state index contributed by atoms with van der Waals surface area (Å²) in [4.78, 5) is 36.2. The van der Waals surface area contributed by atoms with Gasteiger partial charge in [-0.15, -0.1) is 23.7 Å². The number of carbonyl (C=O) groups excluding carboxylic acids is 2. The molecule has 34 heavy (non-hydrogen) atoms. The summed E-state index contributed by atoms with van der Waals surface area (Å²) in [5, 5.41) is 5.43. The van der Waals surface area contributed by atoms with Crippen LogP contribution in [0.5, 0.6) is 5.75 Å². The molecule has 0 unspecified atom stereocenters. The van der Waals surface area contributed by atoms with E-state index >= 15 is 0 Å². The third-order valence-corrected chi connectivity index (χ3v) is 6.53. The zero-order valence-corrected chi connectivity index (χ0v) is 21.0. The molecule has 0 saturated carbocycles. The number of amides is 2. The van der Waals surface area contributed by atoms with Gasteiger partial charge in [-0.3, -0.25) is 14.6 Å². The van der Waals surface area contributed by atoms with Gasteiger partial charge in [-0.25, -0.2) is 4.98 Å². The third-order valence-electron chi connectivity index (χ3n) is 5.78. The van der Waals surface area contributed by atoms with Crippen LogP contribution in [0.4, 0.5) is 5.13 Å². The van der Waals surface area contributed by atoms with E-state index in [-0.39, 0.29) is 30.1 Å². The lowest BCUT2D eigenvalue weighted by atomic mass is 9.97. The van der Waals surface area contributed by atoms with Gasteiger partial charge in [0.25, 0.3) is 5.91 Å². The number of rotatable bonds is 7. The Morgan fingerprint density at radius 3 is 2.85 bits per heavy atom. The number of thiazole rings is 1. The van der Waals surface area contributed by atoms with Crippen molar-refractivity contribution in [1.82, 2.24) is 14.9 Å². The maximum atomic E-state index is 13.0. The highest BCUT2D eigenvalue weighted by molar-refractivity contribution is 7.14. The molecular weight excluding hydrogens is 472 g/mol. The number of nitrogens with one attached hydrogen (secondary N) is 1. The average Bonchev–Trinajstić information content (AvgIpc) is 3.32. The zero-order valence-electron chi connectivity index (χ0n) is 19.3. The molecule has 180 valence electrons. The summed E-state index contributed by atoms with van der Waals surface area (Å²) in [6.07, 6.45) is 5.17. The van der Waals surface area contributed by atoms with Crippen molar-refractivity contribution < 1.29 is 14.3 Å². The summed E-state index contributed by atoms with van der Waals surface area (Å²) < 4.78 is 5.52. The highest BCUT2D eigenvalue weighted by atomic mass is 35.5. The number of nitrogens with zero attached hydrogens (tertiary/aromatic N) is 3. The number of halogens is 1. The Morgan fingerprint density at radius 1 is 1.26 bits per heavy atom. The van der Waals surface area contributed by atoms with Gasteiger partial charge in [0.05, 0.1) is 18.7 Å². The molecule has 1 aromatic carbocycles. The lowest BCUT2D eigenvalue weighted by molar-refractivity contribution is -0.121. The second-order valence-electron chi connectivity index (χ2n) is 8.12. The molecule has 2 aromatic heterocycles. The van der Waals surface area contributed by atoms with Gasteiger partial charge in [0.2, 0.25) is 5.91 Å². The molecule has 4 rings (SSSR count). The lowest BCUT2D eigenvalue weighted by Gasteiger charge is -2.31. The average molecular weight is 501 g/mol. The van der Waals surface area contributed by atoms with Crippen molar-refractivity contribution in [2.24, 2.45) is 5.92 Å². The van der Waals surface area contributed by atoms with Crippen molar-refractivity contribution in [3.8, 4) is 17.0 Å². The number of ether oxygens (including phenoxy) is 1. The van der Waals surface area contributed by atoms with Gasteiger partial charge >= 0.3 is 0 Å². The molecule has 1 fully saturated rings. The van der Waals surface area contributed by atoms with Gasteiger partial charge in [-0.1, -0.05) is 25.5 Å². The van der Waals surface area contributed by atoms with E-state index in [1.807, 2.05) is 11.4 Å². The predicted molar refractivity (Wildman–Crippen MR) is 137 cm³/mol.